The van der Waals surface area contributed by atoms with Gasteiger partial charge in [-0.15, -0.1) is 0 Å². The molecule has 5 heteroatoms. The van der Waals surface area contributed by atoms with E-state index < -0.39 is 11.9 Å². The normalized spacial score (nSPS) is 22.7. The summed E-state index contributed by atoms with van der Waals surface area (Å²) in [4.78, 5) is 24.3. The maximum Gasteiger partial charge on any atom is 0.236 e. The Kier molecular flexibility index (Phi) is 3.91. The first-order chi connectivity index (χ1) is 7.32. The Bertz CT molecular complexity index is 289. The summed E-state index contributed by atoms with van der Waals surface area (Å²) in [6.45, 7) is 5.20. The van der Waals surface area contributed by atoms with Crippen molar-refractivity contribution in [1.29, 1.82) is 0 Å². The molecule has 0 aromatic carbocycles. The Morgan fingerprint density at radius 3 is 2.69 bits per heavy atom. The summed E-state index contributed by atoms with van der Waals surface area (Å²) in [5.74, 6) is -0.487. The SMILES string of the molecule is CC1(C)CCC(=O)N(CC(N)C(N)=O)CC1. The molecule has 0 aromatic rings. The predicted octanol–water partition coefficient (Wildman–Crippen LogP) is -0.162. The van der Waals surface area contributed by atoms with E-state index in [4.69, 9.17) is 11.5 Å². The number of nitrogens with zero attached hydrogens (tertiary/aromatic N) is 1. The van der Waals surface area contributed by atoms with Gasteiger partial charge in [-0.2, -0.15) is 0 Å². The lowest BCUT2D eigenvalue weighted by molar-refractivity contribution is -0.131. The molecule has 1 heterocycles. The molecule has 2 amide bonds. The summed E-state index contributed by atoms with van der Waals surface area (Å²) < 4.78 is 0. The average molecular weight is 227 g/mol. The highest BCUT2D eigenvalue weighted by molar-refractivity contribution is 5.81. The predicted molar refractivity (Wildman–Crippen MR) is 61.4 cm³/mol. The molecule has 1 rings (SSSR count). The Balaban J connectivity index is 2.60. The molecule has 0 aromatic heterocycles. The van der Waals surface area contributed by atoms with Gasteiger partial charge >= 0.3 is 0 Å². The zero-order valence-corrected chi connectivity index (χ0v) is 10.0. The van der Waals surface area contributed by atoms with Crippen LogP contribution in [-0.2, 0) is 9.59 Å². The Labute approximate surface area is 96.1 Å². The zero-order valence-electron chi connectivity index (χ0n) is 10.0. The van der Waals surface area contributed by atoms with Crippen molar-refractivity contribution in [1.82, 2.24) is 4.90 Å². The molecule has 0 saturated carbocycles. The molecule has 5 nitrogen and oxygen atoms in total. The summed E-state index contributed by atoms with van der Waals surface area (Å²) in [6.07, 6.45) is 2.34. The Morgan fingerprint density at radius 1 is 1.50 bits per heavy atom. The number of hydrogen-bond acceptors (Lipinski definition) is 3. The zero-order chi connectivity index (χ0) is 12.3. The summed E-state index contributed by atoms with van der Waals surface area (Å²) in [7, 11) is 0. The van der Waals surface area contributed by atoms with E-state index in [2.05, 4.69) is 13.8 Å². The first-order valence-electron chi connectivity index (χ1n) is 5.64. The molecular formula is C11H21N3O2. The molecule has 0 aliphatic carbocycles. The third-order valence-electron chi connectivity index (χ3n) is 3.21. The van der Waals surface area contributed by atoms with Crippen molar-refractivity contribution in [3.63, 3.8) is 0 Å². The number of carbonyl (C=O) groups is 2. The molecular weight excluding hydrogens is 206 g/mol. The average Bonchev–Trinajstić information content (AvgIpc) is 2.30. The molecule has 0 radical (unpaired) electrons. The van der Waals surface area contributed by atoms with Gasteiger partial charge in [0.25, 0.3) is 0 Å². The van der Waals surface area contributed by atoms with Crippen LogP contribution in [0.3, 0.4) is 0 Å². The first-order valence-corrected chi connectivity index (χ1v) is 5.64. The molecule has 1 unspecified atom stereocenters. The fraction of sp³-hybridized carbons (Fsp3) is 0.818. The maximum atomic E-state index is 11.8. The van der Waals surface area contributed by atoms with Crippen LogP contribution >= 0.6 is 0 Å². The second kappa shape index (κ2) is 4.82. The standard InChI is InChI=1S/C11H21N3O2/c1-11(2)4-3-9(15)14(6-5-11)7-8(12)10(13)16/h8H,3-7,12H2,1-2H3,(H2,13,16). The first kappa shape index (κ1) is 13.0. The van der Waals surface area contributed by atoms with E-state index in [0.717, 1.165) is 12.8 Å². The minimum Gasteiger partial charge on any atom is -0.368 e. The number of rotatable bonds is 3. The second-order valence-electron chi connectivity index (χ2n) is 5.26. The molecule has 1 saturated heterocycles. The van der Waals surface area contributed by atoms with Gasteiger partial charge in [-0.25, -0.2) is 0 Å². The molecule has 16 heavy (non-hydrogen) atoms. The van der Waals surface area contributed by atoms with E-state index in [1.54, 1.807) is 4.90 Å². The number of nitrogens with two attached hydrogens (primary N) is 2. The van der Waals surface area contributed by atoms with Crippen molar-refractivity contribution in [3.8, 4) is 0 Å². The molecule has 1 aliphatic rings. The number of hydrogen-bond donors (Lipinski definition) is 2. The monoisotopic (exact) mass is 227 g/mol. The summed E-state index contributed by atoms with van der Waals surface area (Å²) >= 11 is 0. The maximum absolute atomic E-state index is 11.8. The van der Waals surface area contributed by atoms with Crippen LogP contribution < -0.4 is 11.5 Å². The van der Waals surface area contributed by atoms with Crippen molar-refractivity contribution in [2.75, 3.05) is 13.1 Å². The van der Waals surface area contributed by atoms with E-state index in [1.165, 1.54) is 0 Å². The number of carbonyl (C=O) groups excluding carboxylic acids is 2. The summed E-state index contributed by atoms with van der Waals surface area (Å²) in [5.41, 5.74) is 10.8. The van der Waals surface area contributed by atoms with Crippen molar-refractivity contribution in [2.45, 2.75) is 39.2 Å². The van der Waals surface area contributed by atoms with Crippen LogP contribution in [0.25, 0.3) is 0 Å². The molecule has 0 spiro atoms. The molecule has 0 bridgehead atoms. The van der Waals surface area contributed by atoms with E-state index in [0.29, 0.717) is 13.0 Å². The molecule has 1 atom stereocenters. The highest BCUT2D eigenvalue weighted by Crippen LogP contribution is 2.30. The third-order valence-corrected chi connectivity index (χ3v) is 3.21. The summed E-state index contributed by atoms with van der Waals surface area (Å²) in [5, 5.41) is 0. The highest BCUT2D eigenvalue weighted by atomic mass is 16.2. The van der Waals surface area contributed by atoms with Gasteiger partial charge in [0.2, 0.25) is 11.8 Å². The molecule has 4 N–H and O–H groups in total. The van der Waals surface area contributed by atoms with Gasteiger partial charge < -0.3 is 16.4 Å². The lowest BCUT2D eigenvalue weighted by Gasteiger charge is -2.24. The minimum atomic E-state index is -0.759. The fourth-order valence-electron chi connectivity index (χ4n) is 1.81. The van der Waals surface area contributed by atoms with Gasteiger partial charge in [-0.1, -0.05) is 13.8 Å². The van der Waals surface area contributed by atoms with Crippen LogP contribution in [0.4, 0.5) is 0 Å². The second-order valence-corrected chi connectivity index (χ2v) is 5.26. The number of amides is 2. The molecule has 1 fully saturated rings. The quantitative estimate of drug-likeness (QED) is 0.702. The Hall–Kier alpha value is -1.10. The van der Waals surface area contributed by atoms with Crippen molar-refractivity contribution >= 4 is 11.8 Å². The number of primary amides is 1. The van der Waals surface area contributed by atoms with Gasteiger partial charge in [-0.05, 0) is 18.3 Å². The van der Waals surface area contributed by atoms with E-state index >= 15 is 0 Å². The van der Waals surface area contributed by atoms with Crippen molar-refractivity contribution in [3.05, 3.63) is 0 Å². The van der Waals surface area contributed by atoms with Gasteiger partial charge in [-0.3, -0.25) is 9.59 Å². The van der Waals surface area contributed by atoms with Crippen LogP contribution in [0.1, 0.15) is 33.1 Å². The third kappa shape index (κ3) is 3.48. The lowest BCUT2D eigenvalue weighted by Crippen LogP contribution is -2.47. The minimum absolute atomic E-state index is 0.0716. The van der Waals surface area contributed by atoms with Gasteiger partial charge in [0.1, 0.15) is 6.04 Å². The Morgan fingerprint density at radius 2 is 2.12 bits per heavy atom. The largest absolute Gasteiger partial charge is 0.368 e. The smallest absolute Gasteiger partial charge is 0.236 e. The van der Waals surface area contributed by atoms with Crippen LogP contribution in [0.5, 0.6) is 0 Å². The van der Waals surface area contributed by atoms with Crippen LogP contribution in [0, 0.1) is 5.41 Å². The van der Waals surface area contributed by atoms with E-state index in [1.807, 2.05) is 0 Å². The topological polar surface area (TPSA) is 89.4 Å². The van der Waals surface area contributed by atoms with Gasteiger partial charge in [0.05, 0.1) is 0 Å². The van der Waals surface area contributed by atoms with E-state index in [9.17, 15) is 9.59 Å². The van der Waals surface area contributed by atoms with Crippen molar-refractivity contribution < 1.29 is 9.59 Å². The van der Waals surface area contributed by atoms with Gasteiger partial charge in [0, 0.05) is 19.5 Å². The van der Waals surface area contributed by atoms with Crippen molar-refractivity contribution in [2.24, 2.45) is 16.9 Å². The fourth-order valence-corrected chi connectivity index (χ4v) is 1.81. The van der Waals surface area contributed by atoms with E-state index in [-0.39, 0.29) is 17.9 Å². The molecule has 92 valence electrons. The van der Waals surface area contributed by atoms with Crippen LogP contribution in [0.2, 0.25) is 0 Å². The van der Waals surface area contributed by atoms with Gasteiger partial charge in [0.15, 0.2) is 0 Å². The van der Waals surface area contributed by atoms with Crippen LogP contribution in [0.15, 0.2) is 0 Å². The summed E-state index contributed by atoms with van der Waals surface area (Å²) in [6, 6.07) is -0.759. The lowest BCUT2D eigenvalue weighted by atomic mass is 9.85. The molecule has 1 aliphatic heterocycles. The highest BCUT2D eigenvalue weighted by Gasteiger charge is 2.28. The van der Waals surface area contributed by atoms with Crippen LogP contribution in [-0.4, -0.2) is 35.8 Å². The number of likely N-dealkylation sites (tertiary alicyclic amines) is 1.